The molecule has 5 heterocycles. The van der Waals surface area contributed by atoms with Gasteiger partial charge in [-0.1, -0.05) is 24.8 Å². The van der Waals surface area contributed by atoms with E-state index in [1.54, 1.807) is 11.3 Å². The smallest absolute Gasteiger partial charge is 0.161 e. The number of imidazole rings is 1. The van der Waals surface area contributed by atoms with E-state index in [2.05, 4.69) is 61.7 Å². The van der Waals surface area contributed by atoms with Crippen LogP contribution in [0.25, 0.3) is 55.3 Å². The Balaban J connectivity index is 1.29. The largest absolute Gasteiger partial charge is 0.358 e. The molecule has 1 aliphatic rings. The Labute approximate surface area is 205 Å². The van der Waals surface area contributed by atoms with Crippen LogP contribution in [0.3, 0.4) is 0 Å². The molecule has 6 aromatic rings. The molecule has 7 nitrogen and oxygen atoms in total. The van der Waals surface area contributed by atoms with E-state index in [9.17, 15) is 0 Å². The van der Waals surface area contributed by atoms with E-state index >= 15 is 0 Å². The van der Waals surface area contributed by atoms with Gasteiger partial charge in [0.25, 0.3) is 0 Å². The molecule has 0 amide bonds. The molecule has 1 aliphatic carbocycles. The molecule has 35 heavy (non-hydrogen) atoms. The van der Waals surface area contributed by atoms with Gasteiger partial charge in [0.1, 0.15) is 5.52 Å². The van der Waals surface area contributed by atoms with Crippen molar-refractivity contribution in [2.45, 2.75) is 12.8 Å². The summed E-state index contributed by atoms with van der Waals surface area (Å²) >= 11 is 1.70. The van der Waals surface area contributed by atoms with Crippen molar-refractivity contribution < 1.29 is 0 Å². The predicted molar refractivity (Wildman–Crippen MR) is 141 cm³/mol. The predicted octanol–water partition coefficient (Wildman–Crippen LogP) is 6.63. The van der Waals surface area contributed by atoms with Gasteiger partial charge in [0.2, 0.25) is 0 Å². The summed E-state index contributed by atoms with van der Waals surface area (Å²) in [6.07, 6.45) is 6.06. The van der Waals surface area contributed by atoms with Crippen LogP contribution in [0.1, 0.15) is 12.8 Å². The summed E-state index contributed by atoms with van der Waals surface area (Å²) in [5.41, 5.74) is 9.04. The lowest BCUT2D eigenvalue weighted by Gasteiger charge is -2.09. The van der Waals surface area contributed by atoms with Crippen LogP contribution in [-0.4, -0.2) is 30.1 Å². The first kappa shape index (κ1) is 20.1. The van der Waals surface area contributed by atoms with Crippen molar-refractivity contribution >= 4 is 39.1 Å². The Hall–Kier alpha value is -4.30. The first-order valence-corrected chi connectivity index (χ1v) is 12.4. The molecule has 0 atom stereocenters. The average Bonchev–Trinajstić information content (AvgIpc) is 3.26. The Morgan fingerprint density at radius 3 is 2.80 bits per heavy atom. The topological polar surface area (TPSA) is 95.2 Å². The van der Waals surface area contributed by atoms with Gasteiger partial charge in [-0.3, -0.25) is 10.1 Å². The lowest BCUT2D eigenvalue weighted by atomic mass is 10.1. The lowest BCUT2D eigenvalue weighted by molar-refractivity contribution is 1.02. The zero-order valence-corrected chi connectivity index (χ0v) is 19.6. The number of nitrogens with one attached hydrogen (secondary N) is 3. The molecule has 0 aliphatic heterocycles. The van der Waals surface area contributed by atoms with Gasteiger partial charge in [-0.05, 0) is 54.5 Å². The maximum atomic E-state index is 4.95. The van der Waals surface area contributed by atoms with Gasteiger partial charge in [0.15, 0.2) is 11.5 Å². The molecule has 7 rings (SSSR count). The number of fused-ring (bicyclic) bond motifs is 2. The minimum Gasteiger partial charge on any atom is -0.358 e. The second-order valence-electron chi connectivity index (χ2n) is 8.82. The Bertz CT molecular complexity index is 1710. The molecule has 8 heteroatoms. The monoisotopic (exact) mass is 475 g/mol. The first-order chi connectivity index (χ1) is 17.2. The maximum absolute atomic E-state index is 4.95. The summed E-state index contributed by atoms with van der Waals surface area (Å²) < 4.78 is 0. The molecular formula is C27H21N7S. The van der Waals surface area contributed by atoms with Crippen molar-refractivity contribution in [2.75, 3.05) is 5.32 Å². The fraction of sp³-hybridized carbons (Fsp3) is 0.111. The number of aromatic nitrogens is 6. The van der Waals surface area contributed by atoms with E-state index in [-0.39, 0.29) is 0 Å². The van der Waals surface area contributed by atoms with Crippen LogP contribution >= 0.6 is 11.3 Å². The Morgan fingerprint density at radius 1 is 1.00 bits per heavy atom. The lowest BCUT2D eigenvalue weighted by Crippen LogP contribution is -2.00. The molecule has 1 fully saturated rings. The molecule has 0 unspecified atom stereocenters. The SMILES string of the molecule is C=C(Nc1cncc(-c2ccc3[nH]nc(-c4nc5c(-c6cccs6)cccc5[nH]4)c3n2)c1)C1CC1. The fourth-order valence-corrected chi connectivity index (χ4v) is 5.12. The van der Waals surface area contributed by atoms with Gasteiger partial charge in [-0.15, -0.1) is 11.3 Å². The van der Waals surface area contributed by atoms with Gasteiger partial charge in [-0.25, -0.2) is 9.97 Å². The van der Waals surface area contributed by atoms with Crippen molar-refractivity contribution in [3.8, 4) is 33.2 Å². The minimum atomic E-state index is 0.575. The number of anilines is 1. The van der Waals surface area contributed by atoms with Crippen LogP contribution < -0.4 is 5.32 Å². The molecule has 1 aromatic carbocycles. The zero-order chi connectivity index (χ0) is 23.4. The van der Waals surface area contributed by atoms with Crippen molar-refractivity contribution in [3.05, 3.63) is 78.6 Å². The van der Waals surface area contributed by atoms with Crippen molar-refractivity contribution in [2.24, 2.45) is 5.92 Å². The first-order valence-electron chi connectivity index (χ1n) is 11.5. The van der Waals surface area contributed by atoms with Crippen LogP contribution in [0.4, 0.5) is 5.69 Å². The van der Waals surface area contributed by atoms with Crippen LogP contribution in [0, 0.1) is 5.92 Å². The third kappa shape index (κ3) is 3.59. The van der Waals surface area contributed by atoms with Gasteiger partial charge in [0, 0.05) is 27.9 Å². The van der Waals surface area contributed by atoms with Crippen LogP contribution in [0.5, 0.6) is 0 Å². The van der Waals surface area contributed by atoms with Gasteiger partial charge in [0.05, 0.1) is 34.1 Å². The van der Waals surface area contributed by atoms with E-state index in [1.807, 2.05) is 36.7 Å². The normalized spacial score (nSPS) is 13.5. The standard InChI is InChI=1S/C27H21N7S/c1-15(16-7-8-16)29-18-12-17(13-28-14-18)20-9-10-22-25(30-20)26(34-33-22)27-31-21-5-2-4-19(24(21)32-27)23-6-3-11-35-23/h2-6,9-14,16,29H,1,7-8H2,(H,31,32)(H,33,34). The summed E-state index contributed by atoms with van der Waals surface area (Å²) in [6.45, 7) is 4.16. The van der Waals surface area contributed by atoms with E-state index in [4.69, 9.17) is 9.97 Å². The summed E-state index contributed by atoms with van der Waals surface area (Å²) in [5.74, 6) is 1.26. The highest BCUT2D eigenvalue weighted by molar-refractivity contribution is 7.13. The van der Waals surface area contributed by atoms with Gasteiger partial charge in [-0.2, -0.15) is 5.10 Å². The highest BCUT2D eigenvalue weighted by Crippen LogP contribution is 2.36. The molecule has 1 saturated carbocycles. The van der Waals surface area contributed by atoms with E-state index < -0.39 is 0 Å². The van der Waals surface area contributed by atoms with Gasteiger partial charge >= 0.3 is 0 Å². The van der Waals surface area contributed by atoms with E-state index in [0.29, 0.717) is 17.4 Å². The summed E-state index contributed by atoms with van der Waals surface area (Å²) in [4.78, 5) is 18.9. The number of allylic oxidation sites excluding steroid dienone is 1. The summed E-state index contributed by atoms with van der Waals surface area (Å²) in [6, 6.07) is 16.4. The van der Waals surface area contributed by atoms with E-state index in [0.717, 1.165) is 50.3 Å². The van der Waals surface area contributed by atoms with Crippen LogP contribution in [-0.2, 0) is 0 Å². The number of aromatic amines is 2. The Morgan fingerprint density at radius 2 is 1.94 bits per heavy atom. The third-order valence-electron chi connectivity index (χ3n) is 6.34. The number of rotatable bonds is 6. The molecule has 0 saturated heterocycles. The van der Waals surface area contributed by atoms with Crippen LogP contribution in [0.2, 0.25) is 0 Å². The second kappa shape index (κ2) is 7.89. The van der Waals surface area contributed by atoms with Gasteiger partial charge < -0.3 is 10.3 Å². The highest BCUT2D eigenvalue weighted by atomic mass is 32.1. The molecule has 170 valence electrons. The number of pyridine rings is 2. The quantitative estimate of drug-likeness (QED) is 0.251. The molecule has 0 radical (unpaired) electrons. The highest BCUT2D eigenvalue weighted by Gasteiger charge is 2.24. The van der Waals surface area contributed by atoms with Crippen molar-refractivity contribution in [1.82, 2.24) is 30.1 Å². The van der Waals surface area contributed by atoms with Crippen molar-refractivity contribution in [3.63, 3.8) is 0 Å². The molecule has 5 aromatic heterocycles. The third-order valence-corrected chi connectivity index (χ3v) is 7.24. The number of hydrogen-bond donors (Lipinski definition) is 3. The minimum absolute atomic E-state index is 0.575. The van der Waals surface area contributed by atoms with Crippen molar-refractivity contribution in [1.29, 1.82) is 0 Å². The number of hydrogen-bond acceptors (Lipinski definition) is 6. The number of para-hydroxylation sites is 1. The molecule has 3 N–H and O–H groups in total. The maximum Gasteiger partial charge on any atom is 0.161 e. The summed E-state index contributed by atoms with van der Waals surface area (Å²) in [5, 5.41) is 13.1. The molecule has 0 spiro atoms. The second-order valence-corrected chi connectivity index (χ2v) is 9.76. The number of benzene rings is 1. The number of nitrogens with zero attached hydrogens (tertiary/aromatic N) is 4. The Kier molecular flexibility index (Phi) is 4.53. The summed E-state index contributed by atoms with van der Waals surface area (Å²) in [7, 11) is 0. The number of H-pyrrole nitrogens is 2. The average molecular weight is 476 g/mol. The zero-order valence-electron chi connectivity index (χ0n) is 18.7. The number of thiophene rings is 1. The molecule has 0 bridgehead atoms. The fourth-order valence-electron chi connectivity index (χ4n) is 4.37. The van der Waals surface area contributed by atoms with Crippen LogP contribution in [0.15, 0.2) is 78.6 Å². The van der Waals surface area contributed by atoms with E-state index in [1.165, 1.54) is 17.7 Å². The molecular weight excluding hydrogens is 454 g/mol.